The summed E-state index contributed by atoms with van der Waals surface area (Å²) in [5.74, 6) is 0.760. The van der Waals surface area contributed by atoms with Gasteiger partial charge in [0.1, 0.15) is 11.5 Å². The van der Waals surface area contributed by atoms with Crippen LogP contribution >= 0.6 is 11.8 Å². The maximum atomic E-state index is 10.8. The summed E-state index contributed by atoms with van der Waals surface area (Å²) in [6, 6.07) is 8.24. The summed E-state index contributed by atoms with van der Waals surface area (Å²) >= 11 is 1.47. The second-order valence-corrected chi connectivity index (χ2v) is 20.1. The molecule has 0 atom stereocenters. The topological polar surface area (TPSA) is 40.5 Å². The van der Waals surface area contributed by atoms with E-state index >= 15 is 0 Å². The van der Waals surface area contributed by atoms with Crippen LogP contribution in [0.2, 0.25) is 39.3 Å². The third-order valence-corrected chi connectivity index (χ3v) is 9.33. The number of rotatable bonds is 4. The van der Waals surface area contributed by atoms with E-state index in [9.17, 15) is 10.2 Å². The molecule has 0 amide bonds. The Kier molecular flexibility index (Phi) is 5.52. The Balaban J connectivity index is 2.58. The van der Waals surface area contributed by atoms with Crippen LogP contribution in [0.1, 0.15) is 11.1 Å². The van der Waals surface area contributed by atoms with Gasteiger partial charge in [-0.3, -0.25) is 0 Å². The predicted molar refractivity (Wildman–Crippen MR) is 116 cm³/mol. The molecule has 0 aliphatic rings. The second kappa shape index (κ2) is 6.85. The van der Waals surface area contributed by atoms with Gasteiger partial charge in [0.25, 0.3) is 0 Å². The highest BCUT2D eigenvalue weighted by molar-refractivity contribution is 7.99. The van der Waals surface area contributed by atoms with Crippen LogP contribution in [0.15, 0.2) is 34.1 Å². The second-order valence-electron chi connectivity index (χ2n) is 8.92. The first kappa shape index (κ1) is 20.1. The lowest BCUT2D eigenvalue weighted by molar-refractivity contribution is 0.463. The van der Waals surface area contributed by atoms with Crippen LogP contribution in [-0.2, 0) is 0 Å². The molecule has 0 saturated carbocycles. The van der Waals surface area contributed by atoms with Crippen molar-refractivity contribution in [2.45, 2.75) is 62.9 Å². The van der Waals surface area contributed by atoms with Crippen LogP contribution in [-0.4, -0.2) is 26.4 Å². The van der Waals surface area contributed by atoms with Crippen molar-refractivity contribution in [1.82, 2.24) is 0 Å². The fraction of sp³-hybridized carbons (Fsp3) is 0.400. The van der Waals surface area contributed by atoms with E-state index in [0.717, 1.165) is 31.3 Å². The number of benzene rings is 2. The zero-order chi connectivity index (χ0) is 19.2. The van der Waals surface area contributed by atoms with E-state index in [0.29, 0.717) is 11.5 Å². The summed E-state index contributed by atoms with van der Waals surface area (Å²) in [6.45, 7) is 17.6. The van der Waals surface area contributed by atoms with Crippen molar-refractivity contribution in [1.29, 1.82) is 0 Å². The SMILES string of the molecule is Cc1cc(Sc2cc(C)cc([Si](C)(C)C)c2O)c(O)c([Si](C)(C)C)c1. The highest BCUT2D eigenvalue weighted by atomic mass is 32.2. The Morgan fingerprint density at radius 1 is 0.640 bits per heavy atom. The highest BCUT2D eigenvalue weighted by Crippen LogP contribution is 2.39. The van der Waals surface area contributed by atoms with Crippen molar-refractivity contribution < 1.29 is 10.2 Å². The third-order valence-electron chi connectivity index (χ3n) is 4.27. The summed E-state index contributed by atoms with van der Waals surface area (Å²) in [5.41, 5.74) is 2.30. The van der Waals surface area contributed by atoms with Crippen molar-refractivity contribution in [2.24, 2.45) is 0 Å². The van der Waals surface area contributed by atoms with Gasteiger partial charge in [-0.2, -0.15) is 0 Å². The van der Waals surface area contributed by atoms with E-state index in [-0.39, 0.29) is 0 Å². The molecule has 0 radical (unpaired) electrons. The van der Waals surface area contributed by atoms with Crippen molar-refractivity contribution in [2.75, 3.05) is 0 Å². The number of aryl methyl sites for hydroxylation is 2. The van der Waals surface area contributed by atoms with Gasteiger partial charge in [0.05, 0.1) is 25.9 Å². The van der Waals surface area contributed by atoms with Gasteiger partial charge in [0, 0.05) is 0 Å². The summed E-state index contributed by atoms with van der Waals surface area (Å²) in [5, 5.41) is 23.8. The Morgan fingerprint density at radius 2 is 0.960 bits per heavy atom. The molecule has 2 N–H and O–H groups in total. The first-order valence-electron chi connectivity index (χ1n) is 8.66. The predicted octanol–water partition coefficient (Wildman–Crippen LogP) is 4.96. The molecule has 5 heteroatoms. The molecule has 0 aliphatic heterocycles. The van der Waals surface area contributed by atoms with Gasteiger partial charge >= 0.3 is 0 Å². The molecule has 2 rings (SSSR count). The number of hydrogen-bond acceptors (Lipinski definition) is 3. The Morgan fingerprint density at radius 3 is 1.24 bits per heavy atom. The first-order chi connectivity index (χ1) is 11.3. The minimum atomic E-state index is -1.64. The lowest BCUT2D eigenvalue weighted by Crippen LogP contribution is -2.38. The van der Waals surface area contributed by atoms with E-state index in [1.807, 2.05) is 12.1 Å². The van der Waals surface area contributed by atoms with Gasteiger partial charge in [0.2, 0.25) is 0 Å². The number of phenols is 2. The minimum Gasteiger partial charge on any atom is -0.507 e. The Labute approximate surface area is 158 Å². The fourth-order valence-electron chi connectivity index (χ4n) is 2.91. The standard InChI is InChI=1S/C20H30O2SSi2/c1-13-9-15(19(21)17(11-13)24(3,4)5)23-16-10-14(2)12-18(20(16)22)25(6,7)8/h9-12,21-22H,1-8H3. The zero-order valence-corrected chi connectivity index (χ0v) is 19.4. The average molecular weight is 391 g/mol. The molecule has 0 saturated heterocycles. The molecular formula is C20H30O2SSi2. The molecule has 0 spiro atoms. The molecule has 0 fully saturated rings. The van der Waals surface area contributed by atoms with Crippen molar-refractivity contribution in [3.63, 3.8) is 0 Å². The maximum Gasteiger partial charge on any atom is 0.128 e. The summed E-state index contributed by atoms with van der Waals surface area (Å²) < 4.78 is 0. The van der Waals surface area contributed by atoms with E-state index in [1.54, 1.807) is 0 Å². The molecule has 25 heavy (non-hydrogen) atoms. The van der Waals surface area contributed by atoms with Crippen LogP contribution in [0.3, 0.4) is 0 Å². The molecule has 0 unspecified atom stereocenters. The monoisotopic (exact) mass is 390 g/mol. The van der Waals surface area contributed by atoms with Crippen molar-refractivity contribution >= 4 is 38.3 Å². The molecule has 0 heterocycles. The van der Waals surface area contributed by atoms with Crippen LogP contribution in [0.25, 0.3) is 0 Å². The summed E-state index contributed by atoms with van der Waals surface area (Å²) in [4.78, 5) is 1.67. The molecule has 0 bridgehead atoms. The average Bonchev–Trinajstić information content (AvgIpc) is 2.43. The van der Waals surface area contributed by atoms with E-state index in [1.165, 1.54) is 11.8 Å². The maximum absolute atomic E-state index is 10.8. The van der Waals surface area contributed by atoms with Crippen LogP contribution in [0.4, 0.5) is 0 Å². The van der Waals surface area contributed by atoms with E-state index in [4.69, 9.17) is 0 Å². The normalized spacial score (nSPS) is 12.5. The van der Waals surface area contributed by atoms with Gasteiger partial charge in [-0.1, -0.05) is 63.2 Å². The van der Waals surface area contributed by atoms with Gasteiger partial charge in [0.15, 0.2) is 0 Å². The smallest absolute Gasteiger partial charge is 0.128 e. The quantitative estimate of drug-likeness (QED) is 0.725. The Bertz CT molecular complexity index is 735. The molecule has 2 nitrogen and oxygen atoms in total. The van der Waals surface area contributed by atoms with Crippen molar-refractivity contribution in [3.05, 3.63) is 35.4 Å². The van der Waals surface area contributed by atoms with Crippen molar-refractivity contribution in [3.8, 4) is 11.5 Å². The van der Waals surface area contributed by atoms with E-state index in [2.05, 4.69) is 65.3 Å². The van der Waals surface area contributed by atoms with Crippen LogP contribution < -0.4 is 10.4 Å². The molecule has 0 aliphatic carbocycles. The molecule has 0 aromatic heterocycles. The van der Waals surface area contributed by atoms with Crippen LogP contribution in [0.5, 0.6) is 11.5 Å². The lowest BCUT2D eigenvalue weighted by atomic mass is 10.2. The lowest BCUT2D eigenvalue weighted by Gasteiger charge is -2.23. The summed E-state index contributed by atoms with van der Waals surface area (Å²) in [6.07, 6.45) is 0. The van der Waals surface area contributed by atoms with Gasteiger partial charge < -0.3 is 10.2 Å². The molecule has 136 valence electrons. The molecule has 2 aromatic rings. The third kappa shape index (κ3) is 4.51. The minimum absolute atomic E-state index is 0.380. The largest absolute Gasteiger partial charge is 0.507 e. The molecular weight excluding hydrogens is 360 g/mol. The summed E-state index contributed by atoms with van der Waals surface area (Å²) in [7, 11) is -3.28. The van der Waals surface area contributed by atoms with E-state index < -0.39 is 16.1 Å². The molecule has 2 aromatic carbocycles. The first-order valence-corrected chi connectivity index (χ1v) is 16.5. The zero-order valence-electron chi connectivity index (χ0n) is 16.6. The van der Waals surface area contributed by atoms with Gasteiger partial charge in [-0.05, 0) is 47.5 Å². The van der Waals surface area contributed by atoms with Crippen LogP contribution in [0, 0.1) is 13.8 Å². The highest BCUT2D eigenvalue weighted by Gasteiger charge is 2.26. The van der Waals surface area contributed by atoms with Gasteiger partial charge in [-0.25, -0.2) is 0 Å². The number of aromatic hydroxyl groups is 2. The van der Waals surface area contributed by atoms with Gasteiger partial charge in [-0.15, -0.1) is 0 Å². The Hall–Kier alpha value is -1.18. The fourth-order valence-corrected chi connectivity index (χ4v) is 7.24. The number of hydrogen-bond donors (Lipinski definition) is 2. The number of phenolic OH excluding ortho intramolecular Hbond substituents is 2.